The zero-order valence-corrected chi connectivity index (χ0v) is 9.69. The smallest absolute Gasteiger partial charge is 0.135 e. The molecular formula is C14H19NO. The van der Waals surface area contributed by atoms with Crippen molar-refractivity contribution in [3.63, 3.8) is 0 Å². The summed E-state index contributed by atoms with van der Waals surface area (Å²) in [5.74, 6) is 0.430. The Balaban J connectivity index is 1.67. The number of piperidine rings is 1. The van der Waals surface area contributed by atoms with Crippen LogP contribution in [-0.4, -0.2) is 30.3 Å². The average Bonchev–Trinajstić information content (AvgIpc) is 2.33. The predicted octanol–water partition coefficient (Wildman–Crippen LogP) is 2.28. The lowest BCUT2D eigenvalue weighted by molar-refractivity contribution is -0.121. The SMILES string of the molecule is O=C1CCN(CCCc2ccccc2)CC1. The molecule has 1 aliphatic rings. The highest BCUT2D eigenvalue weighted by Crippen LogP contribution is 2.08. The Morgan fingerprint density at radius 3 is 2.44 bits per heavy atom. The molecule has 0 radical (unpaired) electrons. The van der Waals surface area contributed by atoms with Gasteiger partial charge < -0.3 is 4.90 Å². The zero-order valence-electron chi connectivity index (χ0n) is 9.69. The van der Waals surface area contributed by atoms with E-state index >= 15 is 0 Å². The van der Waals surface area contributed by atoms with Crippen LogP contribution < -0.4 is 0 Å². The standard InChI is InChI=1S/C14H19NO/c16-14-8-11-15(12-9-14)10-4-7-13-5-2-1-3-6-13/h1-3,5-6H,4,7-12H2. The van der Waals surface area contributed by atoms with E-state index in [1.807, 2.05) is 0 Å². The molecule has 1 aromatic carbocycles. The lowest BCUT2D eigenvalue weighted by Crippen LogP contribution is -2.34. The van der Waals surface area contributed by atoms with E-state index in [9.17, 15) is 4.79 Å². The van der Waals surface area contributed by atoms with E-state index in [1.54, 1.807) is 0 Å². The van der Waals surface area contributed by atoms with Crippen LogP contribution in [0.5, 0.6) is 0 Å². The first-order valence-corrected chi connectivity index (χ1v) is 6.12. The maximum Gasteiger partial charge on any atom is 0.135 e. The second-order valence-electron chi connectivity index (χ2n) is 4.47. The van der Waals surface area contributed by atoms with Gasteiger partial charge in [0.2, 0.25) is 0 Å². The van der Waals surface area contributed by atoms with Crippen molar-refractivity contribution in [2.24, 2.45) is 0 Å². The number of carbonyl (C=O) groups excluding carboxylic acids is 1. The van der Waals surface area contributed by atoms with Gasteiger partial charge >= 0.3 is 0 Å². The topological polar surface area (TPSA) is 20.3 Å². The molecule has 0 unspecified atom stereocenters. The first kappa shape index (κ1) is 11.3. The van der Waals surface area contributed by atoms with Crippen molar-refractivity contribution >= 4 is 5.78 Å². The fraction of sp³-hybridized carbons (Fsp3) is 0.500. The number of likely N-dealkylation sites (tertiary alicyclic amines) is 1. The first-order valence-electron chi connectivity index (χ1n) is 6.12. The summed E-state index contributed by atoms with van der Waals surface area (Å²) in [6, 6.07) is 10.6. The molecular weight excluding hydrogens is 198 g/mol. The molecule has 0 aromatic heterocycles. The van der Waals surface area contributed by atoms with Gasteiger partial charge in [-0.05, 0) is 24.9 Å². The molecule has 2 rings (SSSR count). The summed E-state index contributed by atoms with van der Waals surface area (Å²) in [5.41, 5.74) is 1.41. The summed E-state index contributed by atoms with van der Waals surface area (Å²) in [6.45, 7) is 3.06. The molecule has 0 atom stereocenters. The number of hydrogen-bond donors (Lipinski definition) is 0. The summed E-state index contributed by atoms with van der Waals surface area (Å²) in [7, 11) is 0. The Hall–Kier alpha value is -1.15. The minimum absolute atomic E-state index is 0.430. The number of rotatable bonds is 4. The Kier molecular flexibility index (Phi) is 4.11. The van der Waals surface area contributed by atoms with Gasteiger partial charge in [-0.2, -0.15) is 0 Å². The Morgan fingerprint density at radius 2 is 1.75 bits per heavy atom. The number of Topliss-reactive ketones (excluding diaryl/α,β-unsaturated/α-hetero) is 1. The van der Waals surface area contributed by atoms with E-state index in [0.29, 0.717) is 5.78 Å². The van der Waals surface area contributed by atoms with Crippen molar-refractivity contribution in [3.8, 4) is 0 Å². The van der Waals surface area contributed by atoms with Gasteiger partial charge in [0.05, 0.1) is 0 Å². The van der Waals surface area contributed by atoms with Gasteiger partial charge in [-0.1, -0.05) is 30.3 Å². The van der Waals surface area contributed by atoms with Crippen molar-refractivity contribution in [2.45, 2.75) is 25.7 Å². The van der Waals surface area contributed by atoms with Crippen LogP contribution in [0.1, 0.15) is 24.8 Å². The molecule has 0 spiro atoms. The van der Waals surface area contributed by atoms with Crippen molar-refractivity contribution < 1.29 is 4.79 Å². The number of nitrogens with zero attached hydrogens (tertiary/aromatic N) is 1. The van der Waals surface area contributed by atoms with Gasteiger partial charge in [0, 0.05) is 25.9 Å². The lowest BCUT2D eigenvalue weighted by atomic mass is 10.1. The third-order valence-electron chi connectivity index (χ3n) is 3.20. The van der Waals surface area contributed by atoms with Crippen LogP contribution in [-0.2, 0) is 11.2 Å². The quantitative estimate of drug-likeness (QED) is 0.771. The summed E-state index contributed by atoms with van der Waals surface area (Å²) >= 11 is 0. The van der Waals surface area contributed by atoms with Crippen molar-refractivity contribution in [2.75, 3.05) is 19.6 Å². The Bertz CT molecular complexity index is 324. The molecule has 1 fully saturated rings. The van der Waals surface area contributed by atoms with E-state index in [4.69, 9.17) is 0 Å². The molecule has 86 valence electrons. The second kappa shape index (κ2) is 5.80. The maximum atomic E-state index is 11.1. The largest absolute Gasteiger partial charge is 0.302 e. The van der Waals surface area contributed by atoms with E-state index in [1.165, 1.54) is 12.0 Å². The van der Waals surface area contributed by atoms with E-state index in [2.05, 4.69) is 35.2 Å². The van der Waals surface area contributed by atoms with E-state index in [0.717, 1.165) is 38.9 Å². The van der Waals surface area contributed by atoms with Gasteiger partial charge in [0.15, 0.2) is 0 Å². The number of carbonyl (C=O) groups is 1. The molecule has 2 nitrogen and oxygen atoms in total. The number of ketones is 1. The highest BCUT2D eigenvalue weighted by atomic mass is 16.1. The molecule has 1 saturated heterocycles. The van der Waals surface area contributed by atoms with Crippen molar-refractivity contribution in [1.82, 2.24) is 4.90 Å². The summed E-state index contributed by atoms with van der Waals surface area (Å²) in [6.07, 6.45) is 3.85. The Morgan fingerprint density at radius 1 is 1.06 bits per heavy atom. The molecule has 0 N–H and O–H groups in total. The fourth-order valence-electron chi connectivity index (χ4n) is 2.18. The zero-order chi connectivity index (χ0) is 11.2. The van der Waals surface area contributed by atoms with Gasteiger partial charge in [-0.3, -0.25) is 4.79 Å². The van der Waals surface area contributed by atoms with Crippen LogP contribution in [0.3, 0.4) is 0 Å². The summed E-state index contributed by atoms with van der Waals surface area (Å²) < 4.78 is 0. The van der Waals surface area contributed by atoms with E-state index in [-0.39, 0.29) is 0 Å². The number of benzene rings is 1. The minimum atomic E-state index is 0.430. The monoisotopic (exact) mass is 217 g/mol. The molecule has 1 aromatic rings. The maximum absolute atomic E-state index is 11.1. The molecule has 16 heavy (non-hydrogen) atoms. The average molecular weight is 217 g/mol. The van der Waals surface area contributed by atoms with Gasteiger partial charge in [-0.15, -0.1) is 0 Å². The van der Waals surface area contributed by atoms with Gasteiger partial charge in [0.1, 0.15) is 5.78 Å². The first-order chi connectivity index (χ1) is 7.84. The van der Waals surface area contributed by atoms with Crippen LogP contribution in [0.2, 0.25) is 0 Å². The molecule has 1 aliphatic heterocycles. The number of aryl methyl sites for hydroxylation is 1. The van der Waals surface area contributed by atoms with Crippen LogP contribution >= 0.6 is 0 Å². The van der Waals surface area contributed by atoms with Crippen LogP contribution in [0.25, 0.3) is 0 Å². The fourth-order valence-corrected chi connectivity index (χ4v) is 2.18. The lowest BCUT2D eigenvalue weighted by Gasteiger charge is -2.25. The Labute approximate surface area is 97.3 Å². The highest BCUT2D eigenvalue weighted by Gasteiger charge is 2.14. The molecule has 0 saturated carbocycles. The van der Waals surface area contributed by atoms with Crippen LogP contribution in [0, 0.1) is 0 Å². The normalized spacial score (nSPS) is 17.6. The van der Waals surface area contributed by atoms with Crippen molar-refractivity contribution in [3.05, 3.63) is 35.9 Å². The van der Waals surface area contributed by atoms with Crippen LogP contribution in [0.4, 0.5) is 0 Å². The van der Waals surface area contributed by atoms with Gasteiger partial charge in [-0.25, -0.2) is 0 Å². The second-order valence-corrected chi connectivity index (χ2v) is 4.47. The number of hydrogen-bond acceptors (Lipinski definition) is 2. The molecule has 0 amide bonds. The molecule has 2 heteroatoms. The molecule has 0 bridgehead atoms. The minimum Gasteiger partial charge on any atom is -0.302 e. The third kappa shape index (κ3) is 3.46. The summed E-state index contributed by atoms with van der Waals surface area (Å²) in [4.78, 5) is 13.5. The third-order valence-corrected chi connectivity index (χ3v) is 3.20. The van der Waals surface area contributed by atoms with Gasteiger partial charge in [0.25, 0.3) is 0 Å². The van der Waals surface area contributed by atoms with E-state index < -0.39 is 0 Å². The summed E-state index contributed by atoms with van der Waals surface area (Å²) in [5, 5.41) is 0. The van der Waals surface area contributed by atoms with Crippen molar-refractivity contribution in [1.29, 1.82) is 0 Å². The van der Waals surface area contributed by atoms with Crippen LogP contribution in [0.15, 0.2) is 30.3 Å². The predicted molar refractivity (Wildman–Crippen MR) is 65.4 cm³/mol. The highest BCUT2D eigenvalue weighted by molar-refractivity contribution is 5.79. The molecule has 1 heterocycles. The molecule has 0 aliphatic carbocycles.